The van der Waals surface area contributed by atoms with Gasteiger partial charge in [0.15, 0.2) is 0 Å². The highest BCUT2D eigenvalue weighted by Crippen LogP contribution is 2.43. The van der Waals surface area contributed by atoms with E-state index in [2.05, 4.69) is 15.0 Å². The molecule has 1 unspecified atom stereocenters. The molecule has 0 bridgehead atoms. The van der Waals surface area contributed by atoms with Crippen molar-refractivity contribution in [2.24, 2.45) is 10.7 Å². The van der Waals surface area contributed by atoms with Crippen LogP contribution in [0, 0.1) is 20.8 Å². The Labute approximate surface area is 235 Å². The monoisotopic (exact) mass is 574 g/mol. The number of rotatable bonds is 10. The number of nitrogens with two attached hydrogens (primary N) is 1. The second-order valence-corrected chi connectivity index (χ2v) is 12.5. The first-order valence-electron chi connectivity index (χ1n) is 12.9. The lowest BCUT2D eigenvalue weighted by Gasteiger charge is -2.25. The van der Waals surface area contributed by atoms with E-state index in [0.29, 0.717) is 17.5 Å². The van der Waals surface area contributed by atoms with Crippen molar-refractivity contribution >= 4 is 28.0 Å². The fourth-order valence-electron chi connectivity index (χ4n) is 4.71. The number of aliphatic carboxylic acids is 1. The van der Waals surface area contributed by atoms with E-state index in [4.69, 9.17) is 15.2 Å². The molecule has 0 fully saturated rings. The molecule has 11 nitrogen and oxygen atoms in total. The number of nitrogens with one attached hydrogen (secondary N) is 2. The number of amides is 1. The molecule has 0 spiro atoms. The second-order valence-electron chi connectivity index (χ2n) is 10.9. The number of alkyl carbamates (subject to hydrolysis) is 1. The summed E-state index contributed by atoms with van der Waals surface area (Å²) < 4.78 is 40.2. The highest BCUT2D eigenvalue weighted by atomic mass is 32.2. The molecule has 2 aromatic carbocycles. The van der Waals surface area contributed by atoms with Crippen LogP contribution in [0.15, 0.2) is 40.2 Å². The molecule has 0 saturated carbocycles. The van der Waals surface area contributed by atoms with E-state index in [-0.39, 0.29) is 36.8 Å². The molecule has 1 aliphatic heterocycles. The van der Waals surface area contributed by atoms with Crippen LogP contribution < -0.4 is 20.5 Å². The van der Waals surface area contributed by atoms with Crippen LogP contribution in [-0.2, 0) is 32.6 Å². The Morgan fingerprint density at radius 3 is 2.42 bits per heavy atom. The smallest absolute Gasteiger partial charge is 0.408 e. The third-order valence-corrected chi connectivity index (χ3v) is 8.61. The normalized spacial score (nSPS) is 15.9. The highest BCUT2D eigenvalue weighted by molar-refractivity contribution is 7.90. The Kier molecular flexibility index (Phi) is 9.03. The predicted molar refractivity (Wildman–Crippen MR) is 151 cm³/mol. The van der Waals surface area contributed by atoms with Crippen molar-refractivity contribution in [1.29, 1.82) is 0 Å². The van der Waals surface area contributed by atoms with E-state index in [9.17, 15) is 23.1 Å². The Balaban J connectivity index is 1.62. The van der Waals surface area contributed by atoms with Crippen LogP contribution in [0.5, 0.6) is 5.75 Å². The molecule has 40 heavy (non-hydrogen) atoms. The van der Waals surface area contributed by atoms with Gasteiger partial charge in [-0.1, -0.05) is 30.3 Å². The summed E-state index contributed by atoms with van der Waals surface area (Å²) in [5.74, 6) is -0.840. The molecule has 0 aliphatic carbocycles. The lowest BCUT2D eigenvalue weighted by Crippen LogP contribution is -2.52. The van der Waals surface area contributed by atoms with Crippen molar-refractivity contribution in [3.05, 3.63) is 58.1 Å². The number of carboxylic acids is 1. The molecule has 1 atom stereocenters. The number of aliphatic imine (C=N–C) groups is 1. The lowest BCUT2D eigenvalue weighted by molar-refractivity contribution is -0.144. The molecule has 1 heterocycles. The lowest BCUT2D eigenvalue weighted by atomic mass is 9.94. The quantitative estimate of drug-likeness (QED) is 0.190. The van der Waals surface area contributed by atoms with Gasteiger partial charge >= 0.3 is 12.1 Å². The summed E-state index contributed by atoms with van der Waals surface area (Å²) >= 11 is 0. The zero-order valence-electron chi connectivity index (χ0n) is 23.8. The van der Waals surface area contributed by atoms with Gasteiger partial charge in [-0.2, -0.15) is 0 Å². The van der Waals surface area contributed by atoms with Crippen LogP contribution in [-0.4, -0.2) is 49.2 Å². The van der Waals surface area contributed by atoms with Gasteiger partial charge in [0, 0.05) is 18.5 Å². The molecular weight excluding hydrogens is 536 g/mol. The van der Waals surface area contributed by atoms with Gasteiger partial charge in [0.25, 0.3) is 10.0 Å². The molecule has 0 radical (unpaired) electrons. The van der Waals surface area contributed by atoms with Crippen molar-refractivity contribution in [1.82, 2.24) is 10.0 Å². The molecular formula is C28H38N4O7S. The van der Waals surface area contributed by atoms with E-state index in [0.717, 1.165) is 22.4 Å². The van der Waals surface area contributed by atoms with Gasteiger partial charge in [-0.3, -0.25) is 4.99 Å². The average Bonchev–Trinajstić information content (AvgIpc) is 3.20. The minimum atomic E-state index is -4.06. The molecule has 3 rings (SSSR count). The summed E-state index contributed by atoms with van der Waals surface area (Å²) in [4.78, 5) is 28.3. The van der Waals surface area contributed by atoms with Crippen molar-refractivity contribution < 1.29 is 32.6 Å². The maximum absolute atomic E-state index is 13.3. The molecule has 0 aromatic heterocycles. The summed E-state index contributed by atoms with van der Waals surface area (Å²) in [7, 11) is -4.06. The number of fused-ring (bicyclic) bond motifs is 1. The van der Waals surface area contributed by atoms with Crippen LogP contribution in [0.25, 0.3) is 0 Å². The van der Waals surface area contributed by atoms with Crippen LogP contribution in [0.4, 0.5) is 4.79 Å². The van der Waals surface area contributed by atoms with Crippen molar-refractivity contribution in [3.8, 4) is 5.75 Å². The number of hydrogen-bond acceptors (Lipinski definition) is 7. The summed E-state index contributed by atoms with van der Waals surface area (Å²) in [6.07, 6.45) is -0.0807. The van der Waals surface area contributed by atoms with Crippen LogP contribution in [0.2, 0.25) is 0 Å². The van der Waals surface area contributed by atoms with Gasteiger partial charge in [0.2, 0.25) is 5.96 Å². The molecule has 0 saturated heterocycles. The molecule has 1 amide bonds. The fourth-order valence-corrected chi connectivity index (χ4v) is 6.23. The first kappa shape index (κ1) is 30.7. The Hall–Kier alpha value is -3.80. The number of carboxylic acid groups (broad SMARTS) is 1. The zero-order chi connectivity index (χ0) is 29.9. The molecule has 2 aromatic rings. The summed E-state index contributed by atoms with van der Waals surface area (Å²) in [6, 6.07) is 8.99. The minimum Gasteiger partial charge on any atom is -0.487 e. The van der Waals surface area contributed by atoms with E-state index in [1.165, 1.54) is 6.92 Å². The molecule has 12 heteroatoms. The number of guanidine groups is 1. The standard InChI is InChI=1S/C28H38N4O7S/c1-17-18(2)23(19(3)21-15-27(4,5)39-22(17)21)40(36,37)32-25(29)30-14-10-13-28(6,24(33)34)31-26(35)38-16-20-11-8-7-9-12-20/h7-9,11-12H,10,13-16H2,1-6H3,(H,31,35)(H,33,34)(H3,29,30,32). The Bertz CT molecular complexity index is 1420. The van der Waals surface area contributed by atoms with Gasteiger partial charge in [-0.15, -0.1) is 0 Å². The van der Waals surface area contributed by atoms with Gasteiger partial charge in [0.05, 0.1) is 4.90 Å². The van der Waals surface area contributed by atoms with Gasteiger partial charge in [-0.25, -0.2) is 22.7 Å². The van der Waals surface area contributed by atoms with Gasteiger partial charge in [-0.05, 0) is 76.6 Å². The highest BCUT2D eigenvalue weighted by Gasteiger charge is 2.37. The predicted octanol–water partition coefficient (Wildman–Crippen LogP) is 3.47. The number of carbonyl (C=O) groups is 2. The number of nitrogens with zero attached hydrogens (tertiary/aromatic N) is 1. The second kappa shape index (κ2) is 11.7. The third kappa shape index (κ3) is 7.04. The SMILES string of the molecule is Cc1c(C)c(S(=O)(=O)NC(N)=NCCCC(C)(NC(=O)OCc2ccccc2)C(=O)O)c(C)c2c1OC(C)(C)C2. The van der Waals surface area contributed by atoms with Gasteiger partial charge in [0.1, 0.15) is 23.5 Å². The zero-order valence-corrected chi connectivity index (χ0v) is 24.6. The average molecular weight is 575 g/mol. The first-order valence-corrected chi connectivity index (χ1v) is 14.4. The van der Waals surface area contributed by atoms with Crippen LogP contribution in [0.3, 0.4) is 0 Å². The number of ether oxygens (including phenoxy) is 2. The van der Waals surface area contributed by atoms with Crippen molar-refractivity contribution in [3.63, 3.8) is 0 Å². The summed E-state index contributed by atoms with van der Waals surface area (Å²) in [5, 5.41) is 12.1. The molecule has 218 valence electrons. The largest absolute Gasteiger partial charge is 0.487 e. The Morgan fingerprint density at radius 1 is 1.15 bits per heavy atom. The maximum atomic E-state index is 13.3. The minimum absolute atomic E-state index is 0.00315. The topological polar surface area (TPSA) is 169 Å². The summed E-state index contributed by atoms with van der Waals surface area (Å²) in [6.45, 7) is 10.6. The molecule has 1 aliphatic rings. The van der Waals surface area contributed by atoms with E-state index in [1.54, 1.807) is 38.1 Å². The first-order chi connectivity index (χ1) is 18.6. The maximum Gasteiger partial charge on any atom is 0.408 e. The van der Waals surface area contributed by atoms with E-state index in [1.807, 2.05) is 26.8 Å². The number of carbonyl (C=O) groups excluding carboxylic acids is 1. The van der Waals surface area contributed by atoms with Gasteiger partial charge < -0.3 is 25.6 Å². The number of benzene rings is 2. The fraction of sp³-hybridized carbons (Fsp3) is 0.464. The van der Waals surface area contributed by atoms with Crippen LogP contribution in [0.1, 0.15) is 61.4 Å². The molecule has 5 N–H and O–H groups in total. The number of hydrogen-bond donors (Lipinski definition) is 4. The van der Waals surface area contributed by atoms with Crippen molar-refractivity contribution in [2.75, 3.05) is 6.54 Å². The third-order valence-electron chi connectivity index (χ3n) is 6.98. The van der Waals surface area contributed by atoms with Crippen LogP contribution >= 0.6 is 0 Å². The van der Waals surface area contributed by atoms with E-state index >= 15 is 0 Å². The number of sulfonamides is 1. The Morgan fingerprint density at radius 2 is 1.80 bits per heavy atom. The van der Waals surface area contributed by atoms with E-state index < -0.39 is 33.2 Å². The van der Waals surface area contributed by atoms with Crippen molar-refractivity contribution in [2.45, 2.75) is 83.4 Å². The summed E-state index contributed by atoms with van der Waals surface area (Å²) in [5.41, 5.74) is 7.39.